The zero-order valence-electron chi connectivity index (χ0n) is 9.41. The summed E-state index contributed by atoms with van der Waals surface area (Å²) in [5.74, 6) is 1.47. The highest BCUT2D eigenvalue weighted by Gasteiger charge is 2.30. The summed E-state index contributed by atoms with van der Waals surface area (Å²) in [6, 6.07) is 4.62. The van der Waals surface area contributed by atoms with Crippen LogP contribution in [0.1, 0.15) is 18.4 Å². The molecular formula is C12H14N4S. The van der Waals surface area contributed by atoms with Gasteiger partial charge in [-0.2, -0.15) is 11.3 Å². The molecular weight excluding hydrogens is 232 g/mol. The van der Waals surface area contributed by atoms with E-state index in [1.807, 2.05) is 6.07 Å². The lowest BCUT2D eigenvalue weighted by Crippen LogP contribution is -2.25. The van der Waals surface area contributed by atoms with Gasteiger partial charge in [0.25, 0.3) is 0 Å². The second kappa shape index (κ2) is 4.33. The number of aromatic nitrogens is 2. The molecule has 88 valence electrons. The number of nitrogen functional groups attached to an aromatic ring is 1. The first-order valence-electron chi connectivity index (χ1n) is 5.68. The Morgan fingerprint density at radius 3 is 2.94 bits per heavy atom. The third-order valence-corrected chi connectivity index (χ3v) is 3.62. The lowest BCUT2D eigenvalue weighted by molar-refractivity contribution is 0.778. The summed E-state index contributed by atoms with van der Waals surface area (Å²) in [7, 11) is 0. The number of anilines is 2. The number of hydrogen-bond acceptors (Lipinski definition) is 5. The molecule has 3 rings (SSSR count). The standard InChI is InChI=1S/C12H14N4S/c13-11-5-12(15-8-14-11)16(10-1-2-10)6-9-3-4-17-7-9/h3-5,7-8,10H,1-2,6H2,(H2,13,14,15). The summed E-state index contributed by atoms with van der Waals surface area (Å²) in [6.07, 6.45) is 4.02. The number of rotatable bonds is 4. The predicted octanol–water partition coefficient (Wildman–Crippen LogP) is 2.29. The van der Waals surface area contributed by atoms with Crippen molar-refractivity contribution in [3.05, 3.63) is 34.8 Å². The molecule has 0 saturated heterocycles. The second-order valence-electron chi connectivity index (χ2n) is 4.29. The van der Waals surface area contributed by atoms with Crippen LogP contribution in [0.5, 0.6) is 0 Å². The lowest BCUT2D eigenvalue weighted by atomic mass is 10.3. The Morgan fingerprint density at radius 1 is 1.41 bits per heavy atom. The van der Waals surface area contributed by atoms with E-state index in [1.54, 1.807) is 11.3 Å². The number of hydrogen-bond donors (Lipinski definition) is 1. The maximum Gasteiger partial charge on any atom is 0.134 e. The minimum atomic E-state index is 0.533. The van der Waals surface area contributed by atoms with Crippen molar-refractivity contribution in [1.82, 2.24) is 9.97 Å². The summed E-state index contributed by atoms with van der Waals surface area (Å²) in [4.78, 5) is 10.6. The molecule has 1 aliphatic rings. The third kappa shape index (κ3) is 2.39. The highest BCUT2D eigenvalue weighted by molar-refractivity contribution is 7.07. The van der Waals surface area contributed by atoms with Crippen LogP contribution in [0.4, 0.5) is 11.6 Å². The average molecular weight is 246 g/mol. The Balaban J connectivity index is 1.85. The van der Waals surface area contributed by atoms with E-state index in [0.717, 1.165) is 12.4 Å². The molecule has 2 N–H and O–H groups in total. The Hall–Kier alpha value is -1.62. The molecule has 5 heteroatoms. The molecule has 0 aliphatic heterocycles. The molecule has 17 heavy (non-hydrogen) atoms. The van der Waals surface area contributed by atoms with Gasteiger partial charge in [0.2, 0.25) is 0 Å². The molecule has 1 saturated carbocycles. The van der Waals surface area contributed by atoms with E-state index < -0.39 is 0 Å². The average Bonchev–Trinajstić information content (AvgIpc) is 3.03. The maximum atomic E-state index is 5.71. The van der Waals surface area contributed by atoms with Crippen LogP contribution in [0.3, 0.4) is 0 Å². The van der Waals surface area contributed by atoms with Gasteiger partial charge in [0.05, 0.1) is 0 Å². The van der Waals surface area contributed by atoms with Gasteiger partial charge in [-0.25, -0.2) is 9.97 Å². The van der Waals surface area contributed by atoms with Crippen LogP contribution >= 0.6 is 11.3 Å². The summed E-state index contributed by atoms with van der Waals surface area (Å²) >= 11 is 1.73. The monoisotopic (exact) mass is 246 g/mol. The van der Waals surface area contributed by atoms with Crippen molar-refractivity contribution in [2.75, 3.05) is 10.6 Å². The summed E-state index contributed by atoms with van der Waals surface area (Å²) in [5.41, 5.74) is 7.05. The van der Waals surface area contributed by atoms with Crippen LogP contribution in [-0.2, 0) is 6.54 Å². The maximum absolute atomic E-state index is 5.71. The van der Waals surface area contributed by atoms with Crippen molar-refractivity contribution in [3.63, 3.8) is 0 Å². The van der Waals surface area contributed by atoms with Gasteiger partial charge in [-0.1, -0.05) is 0 Å². The Bertz CT molecular complexity index is 493. The predicted molar refractivity (Wildman–Crippen MR) is 70.0 cm³/mol. The van der Waals surface area contributed by atoms with Crippen molar-refractivity contribution >= 4 is 23.0 Å². The SMILES string of the molecule is Nc1cc(N(Cc2ccsc2)C2CC2)ncn1. The minimum absolute atomic E-state index is 0.533. The molecule has 0 spiro atoms. The first-order valence-corrected chi connectivity index (χ1v) is 6.62. The Morgan fingerprint density at radius 2 is 2.29 bits per heavy atom. The summed E-state index contributed by atoms with van der Waals surface area (Å²) in [6.45, 7) is 0.907. The fraction of sp³-hybridized carbons (Fsp3) is 0.333. The molecule has 2 heterocycles. The van der Waals surface area contributed by atoms with E-state index in [9.17, 15) is 0 Å². The summed E-state index contributed by atoms with van der Waals surface area (Å²) in [5, 5.41) is 4.29. The van der Waals surface area contributed by atoms with Gasteiger partial charge in [-0.05, 0) is 35.2 Å². The van der Waals surface area contributed by atoms with Crippen LogP contribution in [0, 0.1) is 0 Å². The van der Waals surface area contributed by atoms with Crippen LogP contribution in [0.25, 0.3) is 0 Å². The third-order valence-electron chi connectivity index (χ3n) is 2.89. The van der Waals surface area contributed by atoms with E-state index in [1.165, 1.54) is 24.7 Å². The second-order valence-corrected chi connectivity index (χ2v) is 5.07. The molecule has 0 aromatic carbocycles. The van der Waals surface area contributed by atoms with Gasteiger partial charge >= 0.3 is 0 Å². The van der Waals surface area contributed by atoms with Crippen LogP contribution in [0.15, 0.2) is 29.2 Å². The molecule has 4 nitrogen and oxygen atoms in total. The molecule has 0 amide bonds. The van der Waals surface area contributed by atoms with Gasteiger partial charge in [0.15, 0.2) is 0 Å². The van der Waals surface area contributed by atoms with E-state index in [0.29, 0.717) is 11.9 Å². The van der Waals surface area contributed by atoms with Gasteiger partial charge in [-0.15, -0.1) is 0 Å². The Kier molecular flexibility index (Phi) is 2.68. The van der Waals surface area contributed by atoms with Crippen LogP contribution < -0.4 is 10.6 Å². The zero-order valence-corrected chi connectivity index (χ0v) is 10.2. The lowest BCUT2D eigenvalue weighted by Gasteiger charge is -2.22. The number of nitrogens with zero attached hydrogens (tertiary/aromatic N) is 3. The first-order chi connectivity index (χ1) is 8.33. The molecule has 0 unspecified atom stereocenters. The van der Waals surface area contributed by atoms with E-state index in [4.69, 9.17) is 5.73 Å². The quantitative estimate of drug-likeness (QED) is 0.899. The van der Waals surface area contributed by atoms with Crippen molar-refractivity contribution < 1.29 is 0 Å². The first kappa shape index (κ1) is 10.5. The van der Waals surface area contributed by atoms with E-state index in [2.05, 4.69) is 31.7 Å². The van der Waals surface area contributed by atoms with Crippen molar-refractivity contribution in [1.29, 1.82) is 0 Å². The fourth-order valence-electron chi connectivity index (χ4n) is 1.88. The molecule has 0 atom stereocenters. The van der Waals surface area contributed by atoms with Gasteiger partial charge < -0.3 is 10.6 Å². The van der Waals surface area contributed by atoms with Crippen molar-refractivity contribution in [2.24, 2.45) is 0 Å². The highest BCUT2D eigenvalue weighted by atomic mass is 32.1. The van der Waals surface area contributed by atoms with Crippen LogP contribution in [0.2, 0.25) is 0 Å². The molecule has 1 aliphatic carbocycles. The molecule has 2 aromatic rings. The largest absolute Gasteiger partial charge is 0.384 e. The van der Waals surface area contributed by atoms with Gasteiger partial charge in [-0.3, -0.25) is 0 Å². The molecule has 0 radical (unpaired) electrons. The van der Waals surface area contributed by atoms with E-state index in [-0.39, 0.29) is 0 Å². The van der Waals surface area contributed by atoms with Gasteiger partial charge in [0.1, 0.15) is 18.0 Å². The van der Waals surface area contributed by atoms with Crippen LogP contribution in [-0.4, -0.2) is 16.0 Å². The minimum Gasteiger partial charge on any atom is -0.384 e. The summed E-state index contributed by atoms with van der Waals surface area (Å²) < 4.78 is 0. The zero-order chi connectivity index (χ0) is 11.7. The number of nitrogens with two attached hydrogens (primary N) is 1. The van der Waals surface area contributed by atoms with E-state index >= 15 is 0 Å². The van der Waals surface area contributed by atoms with Crippen molar-refractivity contribution in [2.45, 2.75) is 25.4 Å². The fourth-order valence-corrected chi connectivity index (χ4v) is 2.54. The topological polar surface area (TPSA) is 55.0 Å². The highest BCUT2D eigenvalue weighted by Crippen LogP contribution is 2.32. The van der Waals surface area contributed by atoms with Crippen molar-refractivity contribution in [3.8, 4) is 0 Å². The molecule has 1 fully saturated rings. The molecule has 2 aromatic heterocycles. The Labute approximate surface area is 104 Å². The molecule has 0 bridgehead atoms. The van der Waals surface area contributed by atoms with Gasteiger partial charge in [0, 0.05) is 18.7 Å². The normalized spacial score (nSPS) is 14.8. The number of thiophene rings is 1. The smallest absolute Gasteiger partial charge is 0.134 e.